The summed E-state index contributed by atoms with van der Waals surface area (Å²) in [6, 6.07) is 9.97. The number of benzene rings is 1. The first-order valence-electron chi connectivity index (χ1n) is 14.9. The summed E-state index contributed by atoms with van der Waals surface area (Å²) in [6.45, 7) is 8.48. The Labute approximate surface area is 244 Å². The Morgan fingerprint density at radius 3 is 2.67 bits per heavy atom. The first kappa shape index (κ1) is 26.9. The zero-order valence-corrected chi connectivity index (χ0v) is 24.4. The minimum absolute atomic E-state index is 0.231. The van der Waals surface area contributed by atoms with Crippen molar-refractivity contribution < 1.29 is 19.0 Å². The quantitative estimate of drug-likeness (QED) is 0.355. The maximum absolute atomic E-state index is 13.7. The molecular formula is C31H37N7O4. The van der Waals surface area contributed by atoms with Gasteiger partial charge < -0.3 is 23.7 Å². The molecule has 11 nitrogen and oxygen atoms in total. The second-order valence-electron chi connectivity index (χ2n) is 11.7. The number of anilines is 2. The number of carbonyl (C=O) groups is 1. The van der Waals surface area contributed by atoms with Crippen molar-refractivity contribution in [3.8, 4) is 17.1 Å². The van der Waals surface area contributed by atoms with Gasteiger partial charge in [0.05, 0.1) is 48.3 Å². The van der Waals surface area contributed by atoms with Gasteiger partial charge in [-0.2, -0.15) is 5.10 Å². The molecule has 7 rings (SSSR count). The predicted molar refractivity (Wildman–Crippen MR) is 159 cm³/mol. The molecule has 1 N–H and O–H groups in total. The number of hydrogen-bond donors (Lipinski definition) is 1. The molecule has 0 unspecified atom stereocenters. The van der Waals surface area contributed by atoms with E-state index in [1.165, 1.54) is 0 Å². The van der Waals surface area contributed by atoms with Gasteiger partial charge >= 0.3 is 0 Å². The highest BCUT2D eigenvalue weighted by molar-refractivity contribution is 6.05. The maximum atomic E-state index is 13.7. The first-order chi connectivity index (χ1) is 20.4. The molecule has 3 aromatic heterocycles. The lowest BCUT2D eigenvalue weighted by molar-refractivity contribution is -0.169. The number of imidazole rings is 1. The Morgan fingerprint density at radius 2 is 1.86 bits per heavy atom. The Kier molecular flexibility index (Phi) is 6.86. The fourth-order valence-electron chi connectivity index (χ4n) is 6.37. The van der Waals surface area contributed by atoms with E-state index >= 15 is 0 Å². The molecule has 0 saturated carbocycles. The van der Waals surface area contributed by atoms with Crippen molar-refractivity contribution >= 4 is 28.6 Å². The fourth-order valence-corrected chi connectivity index (χ4v) is 6.37. The highest BCUT2D eigenvalue weighted by atomic mass is 16.7. The normalized spacial score (nSPS) is 20.9. The minimum atomic E-state index is -0.413. The van der Waals surface area contributed by atoms with E-state index in [0.717, 1.165) is 73.3 Å². The van der Waals surface area contributed by atoms with Gasteiger partial charge in [-0.15, -0.1) is 0 Å². The molecule has 0 radical (unpaired) electrons. The van der Waals surface area contributed by atoms with Crippen molar-refractivity contribution in [3.63, 3.8) is 0 Å². The molecule has 220 valence electrons. The van der Waals surface area contributed by atoms with Crippen LogP contribution in [0.4, 0.5) is 11.6 Å². The minimum Gasteiger partial charge on any atom is -0.477 e. The summed E-state index contributed by atoms with van der Waals surface area (Å²) >= 11 is 0. The lowest BCUT2D eigenvalue weighted by atomic mass is 10.0. The lowest BCUT2D eigenvalue weighted by Gasteiger charge is -2.38. The number of ether oxygens (including phenoxy) is 3. The number of hydrogen-bond acceptors (Lipinski definition) is 8. The molecule has 1 aromatic carbocycles. The molecule has 2 saturated heterocycles. The van der Waals surface area contributed by atoms with Crippen LogP contribution < -0.4 is 15.0 Å². The van der Waals surface area contributed by atoms with Gasteiger partial charge in [0.2, 0.25) is 11.8 Å². The molecule has 1 amide bonds. The number of nitrogens with one attached hydrogen (secondary N) is 1. The Balaban J connectivity index is 1.23. The predicted octanol–water partition coefficient (Wildman–Crippen LogP) is 4.54. The summed E-state index contributed by atoms with van der Waals surface area (Å²) in [5.41, 5.74) is 5.67. The topological polar surface area (TPSA) is 109 Å². The number of aromatic nitrogens is 5. The number of rotatable bonds is 1. The zero-order valence-electron chi connectivity index (χ0n) is 24.4. The van der Waals surface area contributed by atoms with Crippen LogP contribution in [0, 0.1) is 12.8 Å². The third-order valence-electron chi connectivity index (χ3n) is 8.61. The second kappa shape index (κ2) is 10.7. The van der Waals surface area contributed by atoms with Gasteiger partial charge in [-0.1, -0.05) is 6.92 Å². The number of piperidine rings is 1. The summed E-state index contributed by atoms with van der Waals surface area (Å²) in [7, 11) is 1.86. The highest BCUT2D eigenvalue weighted by Gasteiger charge is 2.40. The summed E-state index contributed by atoms with van der Waals surface area (Å²) in [4.78, 5) is 25.6. The number of carbonyl (C=O) groups excluding carboxylic acids is 1. The van der Waals surface area contributed by atoms with Crippen molar-refractivity contribution in [1.82, 2.24) is 24.3 Å². The van der Waals surface area contributed by atoms with E-state index in [2.05, 4.69) is 45.0 Å². The molecular weight excluding hydrogens is 534 g/mol. The maximum Gasteiger partial charge on any atom is 0.258 e. The number of aryl methyl sites for hydroxylation is 2. The molecule has 2 fully saturated rings. The van der Waals surface area contributed by atoms with E-state index in [0.29, 0.717) is 48.8 Å². The van der Waals surface area contributed by atoms with Gasteiger partial charge in [0.1, 0.15) is 0 Å². The number of fused-ring (bicyclic) bond motifs is 7. The molecule has 0 aliphatic carbocycles. The van der Waals surface area contributed by atoms with E-state index in [1.54, 1.807) is 23.0 Å². The SMILES string of the molecule is Cc1cc2cc(n1)-c1cnn(C)c1OCCC[C@@H](C)Cn1c(nc3ccc(N4CCC5(CC4)OCCO5)cc31)NC2=O. The van der Waals surface area contributed by atoms with Gasteiger partial charge in [0, 0.05) is 56.5 Å². The van der Waals surface area contributed by atoms with Crippen molar-refractivity contribution in [2.24, 2.45) is 13.0 Å². The van der Waals surface area contributed by atoms with Crippen LogP contribution in [0.5, 0.6) is 5.88 Å². The fraction of sp³-hybridized carbons (Fsp3) is 0.484. The standard InChI is InChI=1S/C31H37N7O4/c1-20-5-4-12-40-29-24(18-32-36(29)3)26-16-22(15-21(2)33-26)28(39)35-30-34-25-7-6-23(17-27(25)38(30)19-20)37-10-8-31(9-11-37)41-13-14-42-31/h6-7,15-18,20H,4-5,8-14,19H2,1-3H3,(H,34,35,39)/t20-/m1/s1. The third kappa shape index (κ3) is 5.00. The zero-order chi connectivity index (χ0) is 28.8. The van der Waals surface area contributed by atoms with Crippen LogP contribution in [-0.2, 0) is 23.1 Å². The van der Waals surface area contributed by atoms with Crippen molar-refractivity contribution in [2.75, 3.05) is 43.1 Å². The second-order valence-corrected chi connectivity index (χ2v) is 11.7. The van der Waals surface area contributed by atoms with Crippen LogP contribution >= 0.6 is 0 Å². The van der Waals surface area contributed by atoms with Gasteiger partial charge in [-0.05, 0) is 56.0 Å². The first-order valence-corrected chi connectivity index (χ1v) is 14.9. The van der Waals surface area contributed by atoms with Crippen LogP contribution in [0.3, 0.4) is 0 Å². The van der Waals surface area contributed by atoms with E-state index in [1.807, 2.05) is 14.0 Å². The van der Waals surface area contributed by atoms with Gasteiger partial charge in [-0.25, -0.2) is 9.67 Å². The summed E-state index contributed by atoms with van der Waals surface area (Å²) in [5, 5.41) is 7.52. The molecule has 4 aromatic rings. The highest BCUT2D eigenvalue weighted by Crippen LogP contribution is 2.35. The third-order valence-corrected chi connectivity index (χ3v) is 8.61. The smallest absolute Gasteiger partial charge is 0.258 e. The monoisotopic (exact) mass is 571 g/mol. The van der Waals surface area contributed by atoms with Crippen molar-refractivity contribution in [1.29, 1.82) is 0 Å². The molecule has 1 atom stereocenters. The molecule has 2 bridgehead atoms. The molecule has 6 heterocycles. The Morgan fingerprint density at radius 1 is 1.05 bits per heavy atom. The largest absolute Gasteiger partial charge is 0.477 e. The van der Waals surface area contributed by atoms with Crippen LogP contribution in [0.15, 0.2) is 36.5 Å². The van der Waals surface area contributed by atoms with Crippen molar-refractivity contribution in [2.45, 2.75) is 51.9 Å². The van der Waals surface area contributed by atoms with Gasteiger partial charge in [0.25, 0.3) is 5.91 Å². The number of nitrogens with zero attached hydrogens (tertiary/aromatic N) is 6. The van der Waals surface area contributed by atoms with Crippen LogP contribution in [-0.4, -0.2) is 68.9 Å². The van der Waals surface area contributed by atoms with Crippen LogP contribution in [0.25, 0.3) is 22.3 Å². The Hall–Kier alpha value is -3.96. The molecule has 1 spiro atoms. The molecule has 3 aliphatic heterocycles. The average molecular weight is 572 g/mol. The van der Waals surface area contributed by atoms with Crippen molar-refractivity contribution in [3.05, 3.63) is 47.8 Å². The van der Waals surface area contributed by atoms with E-state index < -0.39 is 5.79 Å². The van der Waals surface area contributed by atoms with E-state index in [4.69, 9.17) is 24.2 Å². The number of pyridine rings is 1. The Bertz CT molecular complexity index is 1630. The number of amides is 1. The van der Waals surface area contributed by atoms with Crippen LogP contribution in [0.1, 0.15) is 48.7 Å². The van der Waals surface area contributed by atoms with E-state index in [9.17, 15) is 4.79 Å². The molecule has 42 heavy (non-hydrogen) atoms. The van der Waals surface area contributed by atoms with Crippen LogP contribution in [0.2, 0.25) is 0 Å². The van der Waals surface area contributed by atoms with E-state index in [-0.39, 0.29) is 5.91 Å². The molecule has 3 aliphatic rings. The summed E-state index contributed by atoms with van der Waals surface area (Å²) < 4.78 is 21.9. The average Bonchev–Trinajstić information content (AvgIpc) is 3.68. The summed E-state index contributed by atoms with van der Waals surface area (Å²) in [5.74, 6) is 0.892. The van der Waals surface area contributed by atoms with Gasteiger partial charge in [-0.3, -0.25) is 15.1 Å². The lowest BCUT2D eigenvalue weighted by Crippen LogP contribution is -2.45. The molecule has 11 heteroatoms. The van der Waals surface area contributed by atoms with Gasteiger partial charge in [0.15, 0.2) is 5.79 Å². The summed E-state index contributed by atoms with van der Waals surface area (Å²) in [6.07, 6.45) is 5.28.